The van der Waals surface area contributed by atoms with E-state index in [0.717, 1.165) is 11.1 Å². The van der Waals surface area contributed by atoms with Crippen molar-refractivity contribution in [1.29, 1.82) is 0 Å². The van der Waals surface area contributed by atoms with Crippen molar-refractivity contribution in [3.05, 3.63) is 71.3 Å². The Morgan fingerprint density at radius 3 is 2.23 bits per heavy atom. The molecule has 0 fully saturated rings. The summed E-state index contributed by atoms with van der Waals surface area (Å²) < 4.78 is 0. The fourth-order valence-electron chi connectivity index (χ4n) is 2.76. The molecule has 0 radical (unpaired) electrons. The SMILES string of the molecule is CCC(O)(Cc1ccccc1)C(=O)c1ccccc1C(C)C. The first-order valence-corrected chi connectivity index (χ1v) is 7.88. The van der Waals surface area contributed by atoms with E-state index in [4.69, 9.17) is 0 Å². The van der Waals surface area contributed by atoms with E-state index in [0.29, 0.717) is 18.4 Å². The molecule has 0 spiro atoms. The van der Waals surface area contributed by atoms with Gasteiger partial charge >= 0.3 is 0 Å². The highest BCUT2D eigenvalue weighted by Gasteiger charge is 2.36. The molecule has 2 aromatic rings. The van der Waals surface area contributed by atoms with Crippen LogP contribution in [0.3, 0.4) is 0 Å². The van der Waals surface area contributed by atoms with Crippen molar-refractivity contribution < 1.29 is 9.90 Å². The Bertz CT molecular complexity index is 631. The third-order valence-electron chi connectivity index (χ3n) is 4.17. The monoisotopic (exact) mass is 296 g/mol. The van der Waals surface area contributed by atoms with Crippen LogP contribution < -0.4 is 0 Å². The molecule has 0 aliphatic heterocycles. The minimum atomic E-state index is -1.35. The van der Waals surface area contributed by atoms with Gasteiger partial charge in [0.1, 0.15) is 5.60 Å². The Kier molecular flexibility index (Phi) is 5.15. The van der Waals surface area contributed by atoms with Gasteiger partial charge in [0.2, 0.25) is 0 Å². The first-order valence-electron chi connectivity index (χ1n) is 7.88. The molecule has 22 heavy (non-hydrogen) atoms. The van der Waals surface area contributed by atoms with Crippen LogP contribution in [0, 0.1) is 0 Å². The highest BCUT2D eigenvalue weighted by molar-refractivity contribution is 6.03. The molecule has 0 aromatic heterocycles. The summed E-state index contributed by atoms with van der Waals surface area (Å²) in [5.74, 6) is 0.0705. The van der Waals surface area contributed by atoms with Gasteiger partial charge in [0.15, 0.2) is 5.78 Å². The van der Waals surface area contributed by atoms with E-state index in [1.807, 2.05) is 61.5 Å². The Balaban J connectivity index is 2.36. The zero-order valence-electron chi connectivity index (χ0n) is 13.5. The van der Waals surface area contributed by atoms with Crippen molar-refractivity contribution in [3.63, 3.8) is 0 Å². The molecule has 0 aliphatic carbocycles. The minimum Gasteiger partial charge on any atom is -0.381 e. The number of carbonyl (C=O) groups is 1. The Labute approximate surface area is 132 Å². The molecule has 2 nitrogen and oxygen atoms in total. The van der Waals surface area contributed by atoms with E-state index >= 15 is 0 Å². The number of ketones is 1. The van der Waals surface area contributed by atoms with Crippen LogP contribution in [0.4, 0.5) is 0 Å². The van der Waals surface area contributed by atoms with Crippen LogP contribution in [-0.4, -0.2) is 16.5 Å². The summed E-state index contributed by atoms with van der Waals surface area (Å²) >= 11 is 0. The second-order valence-electron chi connectivity index (χ2n) is 6.12. The van der Waals surface area contributed by atoms with Gasteiger partial charge in [-0.1, -0.05) is 75.4 Å². The van der Waals surface area contributed by atoms with E-state index < -0.39 is 5.60 Å². The molecule has 0 bridgehead atoms. The maximum atomic E-state index is 13.0. The number of aliphatic hydroxyl groups is 1. The lowest BCUT2D eigenvalue weighted by Crippen LogP contribution is -2.40. The van der Waals surface area contributed by atoms with Crippen molar-refractivity contribution in [2.75, 3.05) is 0 Å². The van der Waals surface area contributed by atoms with Crippen molar-refractivity contribution in [2.24, 2.45) is 0 Å². The number of benzene rings is 2. The Morgan fingerprint density at radius 1 is 1.05 bits per heavy atom. The molecule has 1 unspecified atom stereocenters. The molecule has 0 amide bonds. The van der Waals surface area contributed by atoms with Gasteiger partial charge < -0.3 is 5.11 Å². The standard InChI is InChI=1S/C20H24O2/c1-4-20(22,14-16-10-6-5-7-11-16)19(21)18-13-9-8-12-17(18)15(2)3/h5-13,15,22H,4,14H2,1-3H3. The van der Waals surface area contributed by atoms with Gasteiger partial charge in [-0.3, -0.25) is 4.79 Å². The molecule has 2 aromatic carbocycles. The lowest BCUT2D eigenvalue weighted by Gasteiger charge is -2.27. The Morgan fingerprint density at radius 2 is 1.64 bits per heavy atom. The highest BCUT2D eigenvalue weighted by Crippen LogP contribution is 2.27. The smallest absolute Gasteiger partial charge is 0.194 e. The van der Waals surface area contributed by atoms with Crippen LogP contribution >= 0.6 is 0 Å². The number of carbonyl (C=O) groups excluding carboxylic acids is 1. The lowest BCUT2D eigenvalue weighted by atomic mass is 9.82. The number of hydrogen-bond donors (Lipinski definition) is 1. The van der Waals surface area contributed by atoms with Crippen LogP contribution in [0.25, 0.3) is 0 Å². The van der Waals surface area contributed by atoms with Crippen LogP contribution in [0.15, 0.2) is 54.6 Å². The van der Waals surface area contributed by atoms with E-state index in [1.165, 1.54) is 0 Å². The zero-order valence-corrected chi connectivity index (χ0v) is 13.5. The number of rotatable bonds is 6. The summed E-state index contributed by atoms with van der Waals surface area (Å²) in [6, 6.07) is 17.3. The summed E-state index contributed by atoms with van der Waals surface area (Å²) in [4.78, 5) is 13.0. The molecule has 0 aliphatic rings. The molecule has 0 saturated heterocycles. The van der Waals surface area contributed by atoms with Crippen molar-refractivity contribution in [3.8, 4) is 0 Å². The topological polar surface area (TPSA) is 37.3 Å². The van der Waals surface area contributed by atoms with Gasteiger partial charge in [-0.25, -0.2) is 0 Å². The second kappa shape index (κ2) is 6.89. The zero-order chi connectivity index (χ0) is 16.2. The maximum absolute atomic E-state index is 13.0. The number of hydrogen-bond acceptors (Lipinski definition) is 2. The van der Waals surface area contributed by atoms with E-state index in [-0.39, 0.29) is 11.7 Å². The molecule has 1 atom stereocenters. The molecule has 2 heteroatoms. The van der Waals surface area contributed by atoms with Crippen molar-refractivity contribution in [1.82, 2.24) is 0 Å². The van der Waals surface area contributed by atoms with Crippen LogP contribution in [0.1, 0.15) is 54.6 Å². The maximum Gasteiger partial charge on any atom is 0.194 e. The van der Waals surface area contributed by atoms with Gasteiger partial charge in [0.05, 0.1) is 0 Å². The largest absolute Gasteiger partial charge is 0.381 e. The average Bonchev–Trinajstić information content (AvgIpc) is 2.55. The van der Waals surface area contributed by atoms with Gasteiger partial charge in [-0.15, -0.1) is 0 Å². The van der Waals surface area contributed by atoms with Gasteiger partial charge in [-0.05, 0) is 23.5 Å². The third kappa shape index (κ3) is 3.45. The quantitative estimate of drug-likeness (QED) is 0.803. The molecular weight excluding hydrogens is 272 g/mol. The second-order valence-corrected chi connectivity index (χ2v) is 6.12. The van der Waals surface area contributed by atoms with Crippen LogP contribution in [0.5, 0.6) is 0 Å². The molecular formula is C20H24O2. The highest BCUT2D eigenvalue weighted by atomic mass is 16.3. The van der Waals surface area contributed by atoms with E-state index in [9.17, 15) is 9.90 Å². The summed E-state index contributed by atoms with van der Waals surface area (Å²) in [6.07, 6.45) is 0.739. The molecule has 1 N–H and O–H groups in total. The fraction of sp³-hybridized carbons (Fsp3) is 0.350. The van der Waals surface area contributed by atoms with Crippen LogP contribution in [-0.2, 0) is 6.42 Å². The Hall–Kier alpha value is -1.93. The summed E-state index contributed by atoms with van der Waals surface area (Å²) in [6.45, 7) is 5.99. The minimum absolute atomic E-state index is 0.178. The summed E-state index contributed by atoms with van der Waals surface area (Å²) in [7, 11) is 0. The molecule has 116 valence electrons. The number of Topliss-reactive ketones (excluding diaryl/α,β-unsaturated/α-hetero) is 1. The predicted molar refractivity (Wildman–Crippen MR) is 90.2 cm³/mol. The normalized spacial score (nSPS) is 13.9. The summed E-state index contributed by atoms with van der Waals surface area (Å²) in [5.41, 5.74) is 1.25. The first kappa shape index (κ1) is 16.4. The molecule has 2 rings (SSSR count). The van der Waals surface area contributed by atoms with Crippen LogP contribution in [0.2, 0.25) is 0 Å². The molecule has 0 saturated carbocycles. The summed E-state index contributed by atoms with van der Waals surface area (Å²) in [5, 5.41) is 11.0. The van der Waals surface area contributed by atoms with Gasteiger partial charge in [0.25, 0.3) is 0 Å². The van der Waals surface area contributed by atoms with Crippen molar-refractivity contribution >= 4 is 5.78 Å². The fourth-order valence-corrected chi connectivity index (χ4v) is 2.76. The van der Waals surface area contributed by atoms with Gasteiger partial charge in [0, 0.05) is 12.0 Å². The van der Waals surface area contributed by atoms with E-state index in [1.54, 1.807) is 0 Å². The average molecular weight is 296 g/mol. The molecule has 0 heterocycles. The lowest BCUT2D eigenvalue weighted by molar-refractivity contribution is 0.0297. The first-order chi connectivity index (χ1) is 10.5. The van der Waals surface area contributed by atoms with E-state index in [2.05, 4.69) is 13.8 Å². The third-order valence-corrected chi connectivity index (χ3v) is 4.17. The van der Waals surface area contributed by atoms with Gasteiger partial charge in [-0.2, -0.15) is 0 Å². The van der Waals surface area contributed by atoms with Crippen molar-refractivity contribution in [2.45, 2.75) is 45.1 Å². The predicted octanol–water partition coefficient (Wildman–Crippen LogP) is 4.38.